The zero-order chi connectivity index (χ0) is 25.8. The van der Waals surface area contributed by atoms with Crippen LogP contribution in [0.4, 0.5) is 9.59 Å². The third-order valence-corrected chi connectivity index (χ3v) is 4.88. The van der Waals surface area contributed by atoms with Crippen molar-refractivity contribution in [1.82, 2.24) is 10.6 Å². The molecule has 0 spiro atoms. The normalized spacial score (nSPS) is 12.6. The summed E-state index contributed by atoms with van der Waals surface area (Å²) in [4.78, 5) is 36.9. The number of hydrogen-bond donors (Lipinski definition) is 2. The molecule has 0 heterocycles. The van der Waals surface area contributed by atoms with Crippen molar-refractivity contribution in [3.8, 4) is 0 Å². The third kappa shape index (κ3) is 9.92. The third-order valence-electron chi connectivity index (χ3n) is 4.88. The number of esters is 1. The predicted octanol–water partition coefficient (Wildman–Crippen LogP) is 4.84. The first kappa shape index (κ1) is 27.4. The lowest BCUT2D eigenvalue weighted by Crippen LogP contribution is -2.45. The molecule has 0 aliphatic heterocycles. The van der Waals surface area contributed by atoms with Crippen molar-refractivity contribution in [2.75, 3.05) is 7.11 Å². The van der Waals surface area contributed by atoms with Gasteiger partial charge in [-0.2, -0.15) is 0 Å². The second-order valence-corrected chi connectivity index (χ2v) is 8.95. The lowest BCUT2D eigenvalue weighted by atomic mass is 9.98. The number of methoxy groups -OCH3 is 1. The van der Waals surface area contributed by atoms with Crippen molar-refractivity contribution in [1.29, 1.82) is 0 Å². The largest absolute Gasteiger partial charge is 0.467 e. The minimum absolute atomic E-state index is 0.157. The monoisotopic (exact) mass is 482 g/mol. The fourth-order valence-corrected chi connectivity index (χ4v) is 3.31. The smallest absolute Gasteiger partial charge is 0.408 e. The van der Waals surface area contributed by atoms with Crippen molar-refractivity contribution in [2.45, 2.75) is 57.9 Å². The molecule has 2 atom stereocenters. The van der Waals surface area contributed by atoms with E-state index in [2.05, 4.69) is 17.2 Å². The molecular weight excluding hydrogens is 448 g/mol. The van der Waals surface area contributed by atoms with Crippen molar-refractivity contribution >= 4 is 18.2 Å². The van der Waals surface area contributed by atoms with E-state index >= 15 is 0 Å². The summed E-state index contributed by atoms with van der Waals surface area (Å²) in [6.07, 6.45) is 1.09. The summed E-state index contributed by atoms with van der Waals surface area (Å²) < 4.78 is 15.5. The Morgan fingerprint density at radius 2 is 1.66 bits per heavy atom. The van der Waals surface area contributed by atoms with E-state index in [4.69, 9.17) is 14.2 Å². The maximum atomic E-state index is 12.4. The number of hydrogen-bond acceptors (Lipinski definition) is 6. The molecule has 0 fully saturated rings. The van der Waals surface area contributed by atoms with E-state index in [9.17, 15) is 14.4 Å². The van der Waals surface area contributed by atoms with Gasteiger partial charge < -0.3 is 24.8 Å². The van der Waals surface area contributed by atoms with Crippen molar-refractivity contribution < 1.29 is 28.6 Å². The van der Waals surface area contributed by atoms with Crippen LogP contribution in [0.1, 0.15) is 49.9 Å². The molecule has 0 aliphatic carbocycles. The SMILES string of the molecule is C=CC[C@H](NC(=O)OCc1ccccc1)c1cccc(C[C@@H](NC(=O)OC(C)(C)C)C(=O)OC)c1. The first-order valence-electron chi connectivity index (χ1n) is 11.4. The topological polar surface area (TPSA) is 103 Å². The van der Waals surface area contributed by atoms with Crippen LogP contribution in [-0.4, -0.2) is 36.9 Å². The van der Waals surface area contributed by atoms with Crippen molar-refractivity contribution in [3.63, 3.8) is 0 Å². The second-order valence-electron chi connectivity index (χ2n) is 8.95. The minimum atomic E-state index is -0.938. The van der Waals surface area contributed by atoms with Gasteiger partial charge in [-0.25, -0.2) is 14.4 Å². The Bertz CT molecular complexity index is 1000. The molecule has 0 bridgehead atoms. The van der Waals surface area contributed by atoms with Gasteiger partial charge in [0.2, 0.25) is 0 Å². The first-order valence-corrected chi connectivity index (χ1v) is 11.4. The van der Waals surface area contributed by atoms with Crippen LogP contribution in [0.5, 0.6) is 0 Å². The number of carbonyl (C=O) groups excluding carboxylic acids is 3. The summed E-state index contributed by atoms with van der Waals surface area (Å²) in [5, 5.41) is 5.43. The summed E-state index contributed by atoms with van der Waals surface area (Å²) in [6.45, 7) is 9.15. The molecule has 0 saturated heterocycles. The van der Waals surface area contributed by atoms with Crippen LogP contribution in [0.25, 0.3) is 0 Å². The lowest BCUT2D eigenvalue weighted by Gasteiger charge is -2.23. The molecule has 0 unspecified atom stereocenters. The number of rotatable bonds is 10. The Kier molecular flexibility index (Phi) is 10.3. The van der Waals surface area contributed by atoms with Gasteiger partial charge in [-0.1, -0.05) is 60.7 Å². The molecule has 8 nitrogen and oxygen atoms in total. The Morgan fingerprint density at radius 1 is 0.971 bits per heavy atom. The quantitative estimate of drug-likeness (QED) is 0.285. The fraction of sp³-hybridized carbons (Fsp3) is 0.370. The standard InChI is InChI=1S/C27H34N2O6/c1-6-11-22(28-25(31)34-18-19-12-8-7-9-13-19)21-15-10-14-20(16-21)17-23(24(30)33-5)29-26(32)35-27(2,3)4/h6-10,12-16,22-23H,1,11,17-18H2,2-5H3,(H,28,31)(H,29,32)/t22-,23+/m0/s1. The minimum Gasteiger partial charge on any atom is -0.467 e. The predicted molar refractivity (Wildman–Crippen MR) is 133 cm³/mol. The molecule has 0 radical (unpaired) electrons. The van der Waals surface area contributed by atoms with Crippen LogP contribution in [0, 0.1) is 0 Å². The molecule has 2 amide bonds. The molecule has 0 saturated carbocycles. The van der Waals surface area contributed by atoms with E-state index in [1.807, 2.05) is 54.6 Å². The van der Waals surface area contributed by atoms with Crippen LogP contribution < -0.4 is 10.6 Å². The summed E-state index contributed by atoms with van der Waals surface area (Å²) in [5.74, 6) is -0.591. The molecule has 2 N–H and O–H groups in total. The van der Waals surface area contributed by atoms with Gasteiger partial charge in [-0.05, 0) is 43.9 Å². The molecule has 188 valence electrons. The molecule has 2 rings (SSSR count). The summed E-state index contributed by atoms with van der Waals surface area (Å²) >= 11 is 0. The number of carbonyl (C=O) groups is 3. The van der Waals surface area contributed by atoms with E-state index in [0.717, 1.165) is 16.7 Å². The van der Waals surface area contributed by atoms with Gasteiger partial charge >= 0.3 is 18.2 Å². The molecule has 0 aromatic heterocycles. The highest BCUT2D eigenvalue weighted by Crippen LogP contribution is 2.20. The van der Waals surface area contributed by atoms with Gasteiger partial charge in [-0.3, -0.25) is 0 Å². The summed E-state index contributed by atoms with van der Waals surface area (Å²) in [6, 6.07) is 15.4. The first-order chi connectivity index (χ1) is 16.6. The van der Waals surface area contributed by atoms with E-state index in [1.165, 1.54) is 7.11 Å². The molecule has 35 heavy (non-hydrogen) atoms. The second kappa shape index (κ2) is 13.2. The molecule has 8 heteroatoms. The average Bonchev–Trinajstić information content (AvgIpc) is 2.81. The Balaban J connectivity index is 2.09. The highest BCUT2D eigenvalue weighted by Gasteiger charge is 2.26. The van der Waals surface area contributed by atoms with E-state index in [1.54, 1.807) is 26.8 Å². The maximum Gasteiger partial charge on any atom is 0.408 e. The number of nitrogens with one attached hydrogen (secondary N) is 2. The Morgan fingerprint density at radius 3 is 2.29 bits per heavy atom. The zero-order valence-corrected chi connectivity index (χ0v) is 20.7. The summed E-state index contributed by atoms with van der Waals surface area (Å²) in [7, 11) is 1.26. The Labute approximate surface area is 206 Å². The molecular formula is C27H34N2O6. The van der Waals surface area contributed by atoms with E-state index < -0.39 is 29.8 Å². The van der Waals surface area contributed by atoms with Crippen LogP contribution >= 0.6 is 0 Å². The molecule has 0 aliphatic rings. The number of benzene rings is 2. The van der Waals surface area contributed by atoms with Crippen LogP contribution in [0.15, 0.2) is 67.3 Å². The van der Waals surface area contributed by atoms with Crippen LogP contribution in [0.3, 0.4) is 0 Å². The van der Waals surface area contributed by atoms with Gasteiger partial charge in [0, 0.05) is 6.42 Å². The molecule has 2 aromatic carbocycles. The Hall–Kier alpha value is -3.81. The van der Waals surface area contributed by atoms with Gasteiger partial charge in [0.05, 0.1) is 13.2 Å². The number of amides is 2. The van der Waals surface area contributed by atoms with Crippen molar-refractivity contribution in [2.24, 2.45) is 0 Å². The highest BCUT2D eigenvalue weighted by atomic mass is 16.6. The number of alkyl carbamates (subject to hydrolysis) is 2. The van der Waals surface area contributed by atoms with Gasteiger partial charge in [0.1, 0.15) is 18.2 Å². The van der Waals surface area contributed by atoms with E-state index in [0.29, 0.717) is 6.42 Å². The van der Waals surface area contributed by atoms with Crippen LogP contribution in [-0.2, 0) is 32.0 Å². The lowest BCUT2D eigenvalue weighted by molar-refractivity contribution is -0.143. The molecule has 2 aromatic rings. The average molecular weight is 483 g/mol. The van der Waals surface area contributed by atoms with Gasteiger partial charge in [0.15, 0.2) is 0 Å². The van der Waals surface area contributed by atoms with E-state index in [-0.39, 0.29) is 19.1 Å². The number of ether oxygens (including phenoxy) is 3. The highest BCUT2D eigenvalue weighted by molar-refractivity contribution is 5.81. The van der Waals surface area contributed by atoms with Crippen molar-refractivity contribution in [3.05, 3.63) is 83.9 Å². The summed E-state index contributed by atoms with van der Waals surface area (Å²) in [5.41, 5.74) is 1.75. The van der Waals surface area contributed by atoms with Gasteiger partial charge in [0.25, 0.3) is 0 Å². The van der Waals surface area contributed by atoms with Gasteiger partial charge in [-0.15, -0.1) is 6.58 Å². The fourth-order valence-electron chi connectivity index (χ4n) is 3.31. The maximum absolute atomic E-state index is 12.4. The van der Waals surface area contributed by atoms with Crippen LogP contribution in [0.2, 0.25) is 0 Å². The zero-order valence-electron chi connectivity index (χ0n) is 20.7.